The van der Waals surface area contributed by atoms with Crippen LogP contribution in [0.5, 0.6) is 0 Å². The van der Waals surface area contributed by atoms with Gasteiger partial charge in [0.25, 0.3) is 0 Å². The van der Waals surface area contributed by atoms with Crippen LogP contribution in [0.3, 0.4) is 0 Å². The van der Waals surface area contributed by atoms with Crippen LogP contribution in [-0.4, -0.2) is 0 Å². The van der Waals surface area contributed by atoms with Crippen LogP contribution in [0.1, 0.15) is 73.1 Å². The molecule has 0 aliphatic carbocycles. The lowest BCUT2D eigenvalue weighted by atomic mass is 9.82. The second kappa shape index (κ2) is 9.51. The van der Waals surface area contributed by atoms with Crippen molar-refractivity contribution in [1.29, 1.82) is 5.26 Å². The van der Waals surface area contributed by atoms with Gasteiger partial charge in [-0.3, -0.25) is 0 Å². The molecule has 0 radical (unpaired) electrons. The van der Waals surface area contributed by atoms with Crippen LogP contribution >= 0.6 is 0 Å². The summed E-state index contributed by atoms with van der Waals surface area (Å²) in [6, 6.07) is 2.41. The van der Waals surface area contributed by atoms with E-state index in [1.165, 1.54) is 25.7 Å². The molecule has 0 aromatic carbocycles. The summed E-state index contributed by atoms with van der Waals surface area (Å²) in [5.41, 5.74) is 0. The molecule has 17 heavy (non-hydrogen) atoms. The Kier molecular flexibility index (Phi) is 9.23. The first kappa shape index (κ1) is 16.5. The zero-order chi connectivity index (χ0) is 13.3. The molecule has 3 atom stereocenters. The lowest BCUT2D eigenvalue weighted by Gasteiger charge is -2.24. The fraction of sp³-hybridized carbons (Fsp3) is 0.938. The van der Waals surface area contributed by atoms with Gasteiger partial charge in [-0.15, -0.1) is 0 Å². The molecule has 0 saturated carbocycles. The quantitative estimate of drug-likeness (QED) is 0.525. The largest absolute Gasteiger partial charge is 0.198 e. The zero-order valence-corrected chi connectivity index (χ0v) is 12.5. The van der Waals surface area contributed by atoms with E-state index in [4.69, 9.17) is 5.26 Å². The molecule has 0 saturated heterocycles. The normalized spacial score (nSPS) is 16.5. The molecule has 0 heterocycles. The van der Waals surface area contributed by atoms with Crippen molar-refractivity contribution in [2.75, 3.05) is 0 Å². The average molecular weight is 237 g/mol. The predicted molar refractivity (Wildman–Crippen MR) is 75.6 cm³/mol. The first-order valence-electron chi connectivity index (χ1n) is 7.44. The van der Waals surface area contributed by atoms with Gasteiger partial charge < -0.3 is 0 Å². The van der Waals surface area contributed by atoms with Gasteiger partial charge in [-0.2, -0.15) is 5.26 Å². The number of nitrogens with zero attached hydrogens (tertiary/aromatic N) is 1. The molecule has 1 nitrogen and oxygen atoms in total. The van der Waals surface area contributed by atoms with E-state index in [2.05, 4.69) is 40.7 Å². The van der Waals surface area contributed by atoms with Crippen molar-refractivity contribution in [2.45, 2.75) is 73.1 Å². The number of nitriles is 1. The highest BCUT2D eigenvalue weighted by Gasteiger charge is 2.17. The maximum atomic E-state index is 8.96. The molecule has 0 fully saturated rings. The molecule has 0 N–H and O–H groups in total. The predicted octanol–water partition coefficient (Wildman–Crippen LogP) is 5.41. The van der Waals surface area contributed by atoms with Gasteiger partial charge in [-0.05, 0) is 43.4 Å². The van der Waals surface area contributed by atoms with Gasteiger partial charge >= 0.3 is 0 Å². The summed E-state index contributed by atoms with van der Waals surface area (Å²) < 4.78 is 0. The first-order valence-corrected chi connectivity index (χ1v) is 7.44. The van der Waals surface area contributed by atoms with E-state index in [-0.39, 0.29) is 5.92 Å². The Hall–Kier alpha value is -0.510. The smallest absolute Gasteiger partial charge is 0.0655 e. The second-order valence-electron chi connectivity index (χ2n) is 5.93. The molecule has 0 aromatic rings. The lowest BCUT2D eigenvalue weighted by Crippen LogP contribution is -2.13. The van der Waals surface area contributed by atoms with Gasteiger partial charge in [0.05, 0.1) is 6.07 Å². The molecule has 0 spiro atoms. The Morgan fingerprint density at radius 2 is 1.53 bits per heavy atom. The van der Waals surface area contributed by atoms with E-state index >= 15 is 0 Å². The second-order valence-corrected chi connectivity index (χ2v) is 5.93. The van der Waals surface area contributed by atoms with Gasteiger partial charge in [0, 0.05) is 5.92 Å². The van der Waals surface area contributed by atoms with Gasteiger partial charge in [0.1, 0.15) is 0 Å². The fourth-order valence-corrected chi connectivity index (χ4v) is 2.50. The van der Waals surface area contributed by atoms with Gasteiger partial charge in [0.2, 0.25) is 0 Å². The molecule has 0 amide bonds. The van der Waals surface area contributed by atoms with Crippen LogP contribution in [0, 0.1) is 35.0 Å². The standard InChI is InChI=1S/C16H31N/c1-6-15(12-17)10-9-14(5)16(7-2)11-8-13(3)4/h13-16H,6-11H2,1-5H3. The minimum Gasteiger partial charge on any atom is -0.198 e. The summed E-state index contributed by atoms with van der Waals surface area (Å²) in [7, 11) is 0. The summed E-state index contributed by atoms with van der Waals surface area (Å²) in [4.78, 5) is 0. The molecular weight excluding hydrogens is 206 g/mol. The molecule has 0 aliphatic heterocycles. The molecule has 0 bridgehead atoms. The van der Waals surface area contributed by atoms with Crippen LogP contribution in [0.2, 0.25) is 0 Å². The van der Waals surface area contributed by atoms with Crippen molar-refractivity contribution in [1.82, 2.24) is 0 Å². The van der Waals surface area contributed by atoms with Crippen LogP contribution in [-0.2, 0) is 0 Å². The Balaban J connectivity index is 3.99. The SMILES string of the molecule is CCC(C#N)CCC(C)C(CC)CCC(C)C. The maximum Gasteiger partial charge on any atom is 0.0655 e. The topological polar surface area (TPSA) is 23.8 Å². The van der Waals surface area contributed by atoms with Crippen LogP contribution in [0.25, 0.3) is 0 Å². The highest BCUT2D eigenvalue weighted by atomic mass is 14.3. The third kappa shape index (κ3) is 7.42. The van der Waals surface area contributed by atoms with E-state index in [9.17, 15) is 0 Å². The van der Waals surface area contributed by atoms with Crippen molar-refractivity contribution >= 4 is 0 Å². The number of hydrogen-bond donors (Lipinski definition) is 0. The van der Waals surface area contributed by atoms with E-state index in [1.54, 1.807) is 0 Å². The van der Waals surface area contributed by atoms with Crippen molar-refractivity contribution in [3.8, 4) is 6.07 Å². The molecular formula is C16H31N. The molecule has 0 aromatic heterocycles. The zero-order valence-electron chi connectivity index (χ0n) is 12.5. The molecule has 0 aliphatic rings. The maximum absolute atomic E-state index is 8.96. The van der Waals surface area contributed by atoms with Gasteiger partial charge in [0.15, 0.2) is 0 Å². The van der Waals surface area contributed by atoms with E-state index < -0.39 is 0 Å². The Morgan fingerprint density at radius 1 is 0.882 bits per heavy atom. The molecule has 3 unspecified atom stereocenters. The Morgan fingerprint density at radius 3 is 1.94 bits per heavy atom. The first-order chi connectivity index (χ1) is 8.04. The summed E-state index contributed by atoms with van der Waals surface area (Å²) >= 11 is 0. The summed E-state index contributed by atoms with van der Waals surface area (Å²) in [5, 5.41) is 8.96. The number of hydrogen-bond acceptors (Lipinski definition) is 1. The van der Waals surface area contributed by atoms with Gasteiger partial charge in [-0.1, -0.05) is 47.5 Å². The van der Waals surface area contributed by atoms with E-state index in [0.717, 1.165) is 30.6 Å². The highest BCUT2D eigenvalue weighted by Crippen LogP contribution is 2.28. The molecule has 0 rings (SSSR count). The summed E-state index contributed by atoms with van der Waals surface area (Å²) in [6.07, 6.45) is 7.31. The minimum atomic E-state index is 0.278. The highest BCUT2D eigenvalue weighted by molar-refractivity contribution is 4.82. The van der Waals surface area contributed by atoms with Crippen LogP contribution < -0.4 is 0 Å². The van der Waals surface area contributed by atoms with E-state index in [0.29, 0.717) is 0 Å². The van der Waals surface area contributed by atoms with Crippen molar-refractivity contribution in [3.63, 3.8) is 0 Å². The van der Waals surface area contributed by atoms with Gasteiger partial charge in [-0.25, -0.2) is 0 Å². The number of rotatable bonds is 9. The minimum absolute atomic E-state index is 0.278. The average Bonchev–Trinajstić information content (AvgIpc) is 2.30. The Bertz CT molecular complexity index is 214. The third-order valence-corrected chi connectivity index (χ3v) is 4.09. The van der Waals surface area contributed by atoms with Crippen molar-refractivity contribution < 1.29 is 0 Å². The van der Waals surface area contributed by atoms with Crippen molar-refractivity contribution in [3.05, 3.63) is 0 Å². The third-order valence-electron chi connectivity index (χ3n) is 4.09. The lowest BCUT2D eigenvalue weighted by molar-refractivity contribution is 0.276. The van der Waals surface area contributed by atoms with Crippen molar-refractivity contribution in [2.24, 2.45) is 23.7 Å². The van der Waals surface area contributed by atoms with Crippen LogP contribution in [0.15, 0.2) is 0 Å². The fourth-order valence-electron chi connectivity index (χ4n) is 2.50. The summed E-state index contributed by atoms with van der Waals surface area (Å²) in [5.74, 6) is 2.73. The Labute approximate surface area is 109 Å². The summed E-state index contributed by atoms with van der Waals surface area (Å²) in [6.45, 7) is 11.4. The van der Waals surface area contributed by atoms with E-state index in [1.807, 2.05) is 0 Å². The monoisotopic (exact) mass is 237 g/mol. The molecule has 100 valence electrons. The van der Waals surface area contributed by atoms with Crippen LogP contribution in [0.4, 0.5) is 0 Å². The molecule has 1 heteroatoms.